The summed E-state index contributed by atoms with van der Waals surface area (Å²) in [6, 6.07) is 13.8. The summed E-state index contributed by atoms with van der Waals surface area (Å²) in [5.74, 6) is -0.271. The van der Waals surface area contributed by atoms with Gasteiger partial charge in [0.2, 0.25) is 5.91 Å². The highest BCUT2D eigenvalue weighted by Gasteiger charge is 2.22. The SMILES string of the molecule is Cc1cc(C(=O)Nc2ccc(CCN3CCC(C(N)=O)CC3)cc2)c(C)n1-c1cccnc1. The van der Waals surface area contributed by atoms with Gasteiger partial charge in [0, 0.05) is 35.7 Å². The number of amides is 2. The second-order valence-corrected chi connectivity index (χ2v) is 8.75. The van der Waals surface area contributed by atoms with Crippen LogP contribution in [0, 0.1) is 19.8 Å². The molecule has 1 aliphatic heterocycles. The maximum Gasteiger partial charge on any atom is 0.257 e. The highest BCUT2D eigenvalue weighted by molar-refractivity contribution is 6.05. The lowest BCUT2D eigenvalue weighted by molar-refractivity contribution is -0.123. The van der Waals surface area contributed by atoms with Crippen molar-refractivity contribution in [1.82, 2.24) is 14.5 Å². The maximum absolute atomic E-state index is 12.9. The summed E-state index contributed by atoms with van der Waals surface area (Å²) in [6.07, 6.45) is 6.16. The molecule has 172 valence electrons. The summed E-state index contributed by atoms with van der Waals surface area (Å²) in [4.78, 5) is 30.8. The van der Waals surface area contributed by atoms with Crippen LogP contribution in [0.25, 0.3) is 5.69 Å². The van der Waals surface area contributed by atoms with Crippen LogP contribution in [-0.4, -0.2) is 45.9 Å². The van der Waals surface area contributed by atoms with Crippen molar-refractivity contribution >= 4 is 17.5 Å². The first kappa shape index (κ1) is 22.7. The molecule has 3 heterocycles. The van der Waals surface area contributed by atoms with Crippen molar-refractivity contribution in [2.24, 2.45) is 11.7 Å². The summed E-state index contributed by atoms with van der Waals surface area (Å²) in [5, 5.41) is 3.02. The number of benzene rings is 1. The van der Waals surface area contributed by atoms with E-state index in [1.165, 1.54) is 5.56 Å². The molecule has 1 aliphatic rings. The minimum Gasteiger partial charge on any atom is -0.369 e. The second kappa shape index (κ2) is 10.0. The number of anilines is 1. The van der Waals surface area contributed by atoms with Crippen molar-refractivity contribution in [3.8, 4) is 5.69 Å². The molecular formula is C26H31N5O2. The molecule has 0 radical (unpaired) electrons. The van der Waals surface area contributed by atoms with Crippen molar-refractivity contribution < 1.29 is 9.59 Å². The summed E-state index contributed by atoms with van der Waals surface area (Å²) in [6.45, 7) is 6.72. The predicted molar refractivity (Wildman–Crippen MR) is 129 cm³/mol. The van der Waals surface area contributed by atoms with Gasteiger partial charge in [0.25, 0.3) is 5.91 Å². The summed E-state index contributed by atoms with van der Waals surface area (Å²) in [5.41, 5.74) is 10.9. The van der Waals surface area contributed by atoms with Crippen LogP contribution in [0.1, 0.15) is 40.2 Å². The molecule has 3 aromatic rings. The van der Waals surface area contributed by atoms with E-state index in [1.54, 1.807) is 12.4 Å². The Kier molecular flexibility index (Phi) is 6.89. The summed E-state index contributed by atoms with van der Waals surface area (Å²) >= 11 is 0. The van der Waals surface area contributed by atoms with Crippen LogP contribution in [0.2, 0.25) is 0 Å². The Bertz CT molecular complexity index is 1110. The van der Waals surface area contributed by atoms with Crippen LogP contribution in [-0.2, 0) is 11.2 Å². The van der Waals surface area contributed by atoms with E-state index in [2.05, 4.69) is 27.3 Å². The zero-order chi connectivity index (χ0) is 23.4. The third kappa shape index (κ3) is 5.31. The normalized spacial score (nSPS) is 14.8. The molecule has 2 amide bonds. The third-order valence-electron chi connectivity index (χ3n) is 6.50. The quantitative estimate of drug-likeness (QED) is 0.582. The summed E-state index contributed by atoms with van der Waals surface area (Å²) in [7, 11) is 0. The van der Waals surface area contributed by atoms with Crippen molar-refractivity contribution in [2.75, 3.05) is 25.0 Å². The maximum atomic E-state index is 12.9. The van der Waals surface area contributed by atoms with Gasteiger partial charge in [0.1, 0.15) is 0 Å². The molecular weight excluding hydrogens is 414 g/mol. The van der Waals surface area contributed by atoms with Gasteiger partial charge >= 0.3 is 0 Å². The number of nitrogens with two attached hydrogens (primary N) is 1. The first-order valence-electron chi connectivity index (χ1n) is 11.4. The molecule has 0 spiro atoms. The standard InChI is InChI=1S/C26H31N5O2/c1-18-16-24(19(2)31(18)23-4-3-12-28-17-23)26(33)29-22-7-5-20(6-8-22)9-13-30-14-10-21(11-15-30)25(27)32/h3-8,12,16-17,21H,9-11,13-15H2,1-2H3,(H2,27,32)(H,29,33). The van der Waals surface area contributed by atoms with Crippen molar-refractivity contribution in [3.63, 3.8) is 0 Å². The number of carbonyl (C=O) groups excluding carboxylic acids is 2. The average Bonchev–Trinajstić information content (AvgIpc) is 3.13. The first-order chi connectivity index (χ1) is 15.9. The number of rotatable bonds is 7. The fourth-order valence-electron chi connectivity index (χ4n) is 4.56. The molecule has 0 saturated carbocycles. The van der Waals surface area contributed by atoms with Gasteiger partial charge in [-0.15, -0.1) is 0 Å². The number of nitrogens with one attached hydrogen (secondary N) is 1. The number of likely N-dealkylation sites (tertiary alicyclic amines) is 1. The first-order valence-corrected chi connectivity index (χ1v) is 11.4. The van der Waals surface area contributed by atoms with Gasteiger partial charge in [-0.25, -0.2) is 0 Å². The van der Waals surface area contributed by atoms with Crippen LogP contribution in [0.4, 0.5) is 5.69 Å². The van der Waals surface area contributed by atoms with Crippen molar-refractivity contribution in [3.05, 3.63) is 77.4 Å². The number of aryl methyl sites for hydroxylation is 1. The van der Waals surface area contributed by atoms with Crippen molar-refractivity contribution in [2.45, 2.75) is 33.1 Å². The van der Waals surface area contributed by atoms with Gasteiger partial charge in [0.05, 0.1) is 17.4 Å². The van der Waals surface area contributed by atoms with Crippen LogP contribution >= 0.6 is 0 Å². The number of primary amides is 1. The summed E-state index contributed by atoms with van der Waals surface area (Å²) < 4.78 is 2.04. The highest BCUT2D eigenvalue weighted by Crippen LogP contribution is 2.22. The minimum absolute atomic E-state index is 0.0258. The smallest absolute Gasteiger partial charge is 0.257 e. The van der Waals surface area contributed by atoms with E-state index in [4.69, 9.17) is 5.73 Å². The number of hydrogen-bond donors (Lipinski definition) is 2. The Labute approximate surface area is 194 Å². The molecule has 1 aromatic carbocycles. The van der Waals surface area contributed by atoms with E-state index in [-0.39, 0.29) is 17.7 Å². The molecule has 0 aliphatic carbocycles. The van der Waals surface area contributed by atoms with E-state index in [9.17, 15) is 9.59 Å². The molecule has 0 unspecified atom stereocenters. The lowest BCUT2D eigenvalue weighted by atomic mass is 9.96. The van der Waals surface area contributed by atoms with E-state index in [0.717, 1.165) is 61.7 Å². The van der Waals surface area contributed by atoms with E-state index in [1.807, 2.05) is 48.7 Å². The van der Waals surface area contributed by atoms with Crippen LogP contribution < -0.4 is 11.1 Å². The number of hydrogen-bond acceptors (Lipinski definition) is 4. The molecule has 33 heavy (non-hydrogen) atoms. The predicted octanol–water partition coefficient (Wildman–Crippen LogP) is 3.48. The number of piperidine rings is 1. The largest absolute Gasteiger partial charge is 0.369 e. The lowest BCUT2D eigenvalue weighted by Crippen LogP contribution is -2.39. The Morgan fingerprint density at radius 1 is 1.12 bits per heavy atom. The van der Waals surface area contributed by atoms with Crippen molar-refractivity contribution in [1.29, 1.82) is 0 Å². The van der Waals surface area contributed by atoms with Crippen LogP contribution in [0.15, 0.2) is 54.9 Å². The van der Waals surface area contributed by atoms with Gasteiger partial charge in [-0.05, 0) is 82.1 Å². The minimum atomic E-state index is -0.175. The van der Waals surface area contributed by atoms with Crippen LogP contribution in [0.3, 0.4) is 0 Å². The average molecular weight is 446 g/mol. The fourth-order valence-corrected chi connectivity index (χ4v) is 4.56. The fraction of sp³-hybridized carbons (Fsp3) is 0.346. The van der Waals surface area contributed by atoms with Gasteiger partial charge in [-0.2, -0.15) is 0 Å². The molecule has 1 saturated heterocycles. The molecule has 0 atom stereocenters. The lowest BCUT2D eigenvalue weighted by Gasteiger charge is -2.30. The zero-order valence-electron chi connectivity index (χ0n) is 19.3. The number of pyridine rings is 1. The van der Waals surface area contributed by atoms with Crippen LogP contribution in [0.5, 0.6) is 0 Å². The molecule has 0 bridgehead atoms. The molecule has 3 N–H and O–H groups in total. The van der Waals surface area contributed by atoms with Gasteiger partial charge in [-0.1, -0.05) is 12.1 Å². The topological polar surface area (TPSA) is 93.3 Å². The zero-order valence-corrected chi connectivity index (χ0v) is 19.3. The molecule has 1 fully saturated rings. The number of carbonyl (C=O) groups is 2. The molecule has 4 rings (SSSR count). The Balaban J connectivity index is 1.34. The second-order valence-electron chi connectivity index (χ2n) is 8.75. The third-order valence-corrected chi connectivity index (χ3v) is 6.50. The van der Waals surface area contributed by atoms with Gasteiger partial charge < -0.3 is 20.5 Å². The van der Waals surface area contributed by atoms with Gasteiger partial charge in [-0.3, -0.25) is 14.6 Å². The monoisotopic (exact) mass is 445 g/mol. The van der Waals surface area contributed by atoms with Gasteiger partial charge in [0.15, 0.2) is 0 Å². The molecule has 2 aromatic heterocycles. The molecule has 7 nitrogen and oxygen atoms in total. The number of aromatic nitrogens is 2. The number of nitrogens with zero attached hydrogens (tertiary/aromatic N) is 3. The Hall–Kier alpha value is -3.45. The van der Waals surface area contributed by atoms with E-state index in [0.29, 0.717) is 5.56 Å². The Morgan fingerprint density at radius 2 is 1.85 bits per heavy atom. The molecule has 7 heteroatoms. The Morgan fingerprint density at radius 3 is 2.48 bits per heavy atom. The highest BCUT2D eigenvalue weighted by atomic mass is 16.2. The van der Waals surface area contributed by atoms with E-state index < -0.39 is 0 Å². The van der Waals surface area contributed by atoms with E-state index >= 15 is 0 Å².